The fourth-order valence-electron chi connectivity index (χ4n) is 4.71. The van der Waals surface area contributed by atoms with E-state index < -0.39 is 5.41 Å². The molecule has 0 unspecified atom stereocenters. The molecule has 1 aromatic heterocycles. The lowest BCUT2D eigenvalue weighted by molar-refractivity contribution is -0.126. The topological polar surface area (TPSA) is 76.5 Å². The average Bonchev–Trinajstić information content (AvgIpc) is 3.28. The highest BCUT2D eigenvalue weighted by atomic mass is 16.5. The zero-order valence-corrected chi connectivity index (χ0v) is 17.8. The summed E-state index contributed by atoms with van der Waals surface area (Å²) in [7, 11) is 1.61. The van der Waals surface area contributed by atoms with Crippen LogP contribution in [-0.4, -0.2) is 35.2 Å². The molecule has 1 atom stereocenters. The zero-order valence-electron chi connectivity index (χ0n) is 17.8. The van der Waals surface area contributed by atoms with Gasteiger partial charge in [0.1, 0.15) is 17.0 Å². The molecule has 0 saturated heterocycles. The van der Waals surface area contributed by atoms with E-state index in [0.29, 0.717) is 18.3 Å². The van der Waals surface area contributed by atoms with E-state index in [0.717, 1.165) is 28.3 Å². The summed E-state index contributed by atoms with van der Waals surface area (Å²) >= 11 is 0. The highest BCUT2D eigenvalue weighted by molar-refractivity contribution is 6.15. The Bertz CT molecular complexity index is 1180. The van der Waals surface area contributed by atoms with Crippen molar-refractivity contribution in [3.8, 4) is 11.4 Å². The SMILES string of the molecule is COc1ccc(-n2ncc3c2NC(=O)C[C@]32C(=O)N(CC(C)C)c3ccccc32)cc1. The number of nitrogens with one attached hydrogen (secondary N) is 1. The van der Waals surface area contributed by atoms with E-state index in [2.05, 4.69) is 24.3 Å². The number of hydrogen-bond donors (Lipinski definition) is 1. The molecule has 1 N–H and O–H groups in total. The van der Waals surface area contributed by atoms with E-state index in [-0.39, 0.29) is 18.2 Å². The molecule has 2 aromatic carbocycles. The fourth-order valence-corrected chi connectivity index (χ4v) is 4.71. The van der Waals surface area contributed by atoms with E-state index in [9.17, 15) is 9.59 Å². The van der Waals surface area contributed by atoms with E-state index in [1.807, 2.05) is 53.4 Å². The molecule has 1 spiro atoms. The molecule has 0 bridgehead atoms. The summed E-state index contributed by atoms with van der Waals surface area (Å²) in [6, 6.07) is 15.2. The Morgan fingerprint density at radius 1 is 1.10 bits per heavy atom. The molecule has 0 saturated carbocycles. The van der Waals surface area contributed by atoms with Gasteiger partial charge in [-0.05, 0) is 41.8 Å². The third-order valence-corrected chi connectivity index (χ3v) is 6.04. The molecular weight excluding hydrogens is 392 g/mol. The van der Waals surface area contributed by atoms with Crippen LogP contribution < -0.4 is 15.0 Å². The average molecular weight is 416 g/mol. The molecule has 0 radical (unpaired) electrons. The van der Waals surface area contributed by atoms with Crippen LogP contribution in [0, 0.1) is 5.92 Å². The predicted octanol–water partition coefficient (Wildman–Crippen LogP) is 3.51. The van der Waals surface area contributed by atoms with E-state index in [1.54, 1.807) is 18.0 Å². The Hall–Kier alpha value is -3.61. The lowest BCUT2D eigenvalue weighted by atomic mass is 9.72. The summed E-state index contributed by atoms with van der Waals surface area (Å²) in [5, 5.41) is 7.51. The molecule has 158 valence electrons. The summed E-state index contributed by atoms with van der Waals surface area (Å²) in [4.78, 5) is 28.6. The zero-order chi connectivity index (χ0) is 21.8. The number of carbonyl (C=O) groups excluding carboxylic acids is 2. The van der Waals surface area contributed by atoms with Gasteiger partial charge in [-0.15, -0.1) is 0 Å². The summed E-state index contributed by atoms with van der Waals surface area (Å²) in [5.41, 5.74) is 2.18. The number of nitrogens with zero attached hydrogens (tertiary/aromatic N) is 3. The first-order chi connectivity index (χ1) is 15.0. The third kappa shape index (κ3) is 2.76. The van der Waals surface area contributed by atoms with Crippen molar-refractivity contribution in [1.29, 1.82) is 0 Å². The second-order valence-electron chi connectivity index (χ2n) is 8.47. The molecule has 5 rings (SSSR count). The van der Waals surface area contributed by atoms with Crippen molar-refractivity contribution in [2.75, 3.05) is 23.9 Å². The van der Waals surface area contributed by atoms with Gasteiger partial charge in [0.15, 0.2) is 0 Å². The number of aromatic nitrogens is 2. The fraction of sp³-hybridized carbons (Fsp3) is 0.292. The van der Waals surface area contributed by atoms with Gasteiger partial charge in [-0.2, -0.15) is 5.10 Å². The van der Waals surface area contributed by atoms with Crippen LogP contribution in [0.3, 0.4) is 0 Å². The van der Waals surface area contributed by atoms with Crippen LogP contribution in [0.2, 0.25) is 0 Å². The molecule has 2 aliphatic heterocycles. The van der Waals surface area contributed by atoms with Crippen LogP contribution in [0.1, 0.15) is 31.4 Å². The summed E-state index contributed by atoms with van der Waals surface area (Å²) in [6.45, 7) is 4.77. The number of methoxy groups -OCH3 is 1. The van der Waals surface area contributed by atoms with Gasteiger partial charge in [0.2, 0.25) is 11.8 Å². The standard InChI is InChI=1S/C24H24N4O3/c1-15(2)14-27-20-7-5-4-6-18(20)24(23(27)30)12-21(29)26-22-19(24)13-25-28(22)16-8-10-17(31-3)11-9-16/h4-11,13,15H,12,14H2,1-3H3,(H,26,29)/t24-/m1/s1. The quantitative estimate of drug-likeness (QED) is 0.706. The molecule has 0 fully saturated rings. The normalized spacial score (nSPS) is 19.5. The minimum Gasteiger partial charge on any atom is -0.497 e. The Balaban J connectivity index is 1.70. The maximum absolute atomic E-state index is 13.9. The van der Waals surface area contributed by atoms with Crippen LogP contribution in [0.15, 0.2) is 54.7 Å². The Kier molecular flexibility index (Phi) is 4.36. The highest BCUT2D eigenvalue weighted by Crippen LogP contribution is 2.52. The number of anilines is 2. The molecule has 2 aliphatic rings. The summed E-state index contributed by atoms with van der Waals surface area (Å²) in [6.07, 6.45) is 1.78. The second-order valence-corrected chi connectivity index (χ2v) is 8.47. The summed E-state index contributed by atoms with van der Waals surface area (Å²) in [5.74, 6) is 1.31. The van der Waals surface area contributed by atoms with Crippen LogP contribution >= 0.6 is 0 Å². The smallest absolute Gasteiger partial charge is 0.242 e. The predicted molar refractivity (Wildman–Crippen MR) is 118 cm³/mol. The molecule has 2 amide bonds. The van der Waals surface area contributed by atoms with Crippen molar-refractivity contribution in [3.63, 3.8) is 0 Å². The number of benzene rings is 2. The molecule has 3 aromatic rings. The largest absolute Gasteiger partial charge is 0.497 e. The van der Waals surface area contributed by atoms with E-state index in [1.165, 1.54) is 0 Å². The van der Waals surface area contributed by atoms with Gasteiger partial charge >= 0.3 is 0 Å². The van der Waals surface area contributed by atoms with Gasteiger partial charge in [-0.3, -0.25) is 9.59 Å². The van der Waals surface area contributed by atoms with E-state index >= 15 is 0 Å². The van der Waals surface area contributed by atoms with Gasteiger partial charge in [-0.25, -0.2) is 4.68 Å². The maximum atomic E-state index is 13.9. The number of carbonyl (C=O) groups is 2. The third-order valence-electron chi connectivity index (χ3n) is 6.04. The highest BCUT2D eigenvalue weighted by Gasteiger charge is 2.57. The van der Waals surface area contributed by atoms with Crippen LogP contribution in [0.4, 0.5) is 11.5 Å². The van der Waals surface area contributed by atoms with Crippen molar-refractivity contribution in [2.45, 2.75) is 25.7 Å². The summed E-state index contributed by atoms with van der Waals surface area (Å²) < 4.78 is 6.91. The maximum Gasteiger partial charge on any atom is 0.242 e. The molecule has 7 heteroatoms. The first kappa shape index (κ1) is 19.4. The van der Waals surface area contributed by atoms with Crippen molar-refractivity contribution < 1.29 is 14.3 Å². The number of para-hydroxylation sites is 1. The second kappa shape index (κ2) is 6.97. The number of fused-ring (bicyclic) bond motifs is 4. The molecule has 3 heterocycles. The molecule has 0 aliphatic carbocycles. The monoisotopic (exact) mass is 416 g/mol. The molecule has 31 heavy (non-hydrogen) atoms. The first-order valence-electron chi connectivity index (χ1n) is 10.4. The van der Waals surface area contributed by atoms with E-state index in [4.69, 9.17) is 4.74 Å². The number of amides is 2. The van der Waals surface area contributed by atoms with Gasteiger partial charge in [0.05, 0.1) is 19.0 Å². The first-order valence-corrected chi connectivity index (χ1v) is 10.4. The Morgan fingerprint density at radius 2 is 1.84 bits per heavy atom. The van der Waals surface area contributed by atoms with Crippen molar-refractivity contribution >= 4 is 23.3 Å². The van der Waals surface area contributed by atoms with Crippen LogP contribution in [-0.2, 0) is 15.0 Å². The van der Waals surface area contributed by atoms with Gasteiger partial charge in [0.25, 0.3) is 0 Å². The number of ether oxygens (including phenoxy) is 1. The lowest BCUT2D eigenvalue weighted by Crippen LogP contribution is -2.47. The lowest BCUT2D eigenvalue weighted by Gasteiger charge is -2.32. The van der Waals surface area contributed by atoms with Gasteiger partial charge < -0.3 is 15.0 Å². The van der Waals surface area contributed by atoms with Crippen LogP contribution in [0.25, 0.3) is 5.69 Å². The van der Waals surface area contributed by atoms with Crippen molar-refractivity contribution in [3.05, 3.63) is 65.9 Å². The van der Waals surface area contributed by atoms with Crippen LogP contribution in [0.5, 0.6) is 5.75 Å². The molecular formula is C24H24N4O3. The van der Waals surface area contributed by atoms with Gasteiger partial charge in [0, 0.05) is 24.2 Å². The Labute approximate surface area is 180 Å². The minimum absolute atomic E-state index is 0.0622. The van der Waals surface area contributed by atoms with Crippen molar-refractivity contribution in [1.82, 2.24) is 9.78 Å². The van der Waals surface area contributed by atoms with Crippen molar-refractivity contribution in [2.24, 2.45) is 5.92 Å². The van der Waals surface area contributed by atoms with Gasteiger partial charge in [-0.1, -0.05) is 32.0 Å². The number of hydrogen-bond acceptors (Lipinski definition) is 4. The Morgan fingerprint density at radius 3 is 2.55 bits per heavy atom. The number of rotatable bonds is 4. The minimum atomic E-state index is -1.06. The molecule has 7 nitrogen and oxygen atoms in total.